The second kappa shape index (κ2) is 9.46. The number of carbonyl (C=O) groups is 1. The molecule has 0 spiro atoms. The molecule has 0 aromatic heterocycles. The average Bonchev–Trinajstić information content (AvgIpc) is 2.25. The van der Waals surface area contributed by atoms with Crippen LogP contribution in [0.4, 0.5) is 0 Å². The van der Waals surface area contributed by atoms with Crippen molar-refractivity contribution in [1.82, 2.24) is 5.32 Å². The highest BCUT2D eigenvalue weighted by Crippen LogP contribution is 2.10. The van der Waals surface area contributed by atoms with Gasteiger partial charge in [0.1, 0.15) is 0 Å². The van der Waals surface area contributed by atoms with Crippen molar-refractivity contribution in [2.75, 3.05) is 6.54 Å². The highest BCUT2D eigenvalue weighted by molar-refractivity contribution is 5.78. The molecule has 2 unspecified atom stereocenters. The summed E-state index contributed by atoms with van der Waals surface area (Å²) in [7, 11) is 0. The maximum atomic E-state index is 11.8. The Labute approximate surface area is 107 Å². The molecule has 0 radical (unpaired) electrons. The van der Waals surface area contributed by atoms with Gasteiger partial charge in [0, 0.05) is 12.0 Å². The van der Waals surface area contributed by atoms with Gasteiger partial charge in [-0.05, 0) is 38.6 Å². The molecule has 0 rings (SSSR count). The molecule has 17 heavy (non-hydrogen) atoms. The Kier molecular flexibility index (Phi) is 9.14. The second-order valence-corrected chi connectivity index (χ2v) is 5.57. The average molecular weight is 242 g/mol. The van der Waals surface area contributed by atoms with E-state index < -0.39 is 0 Å². The fraction of sp³-hybridized carbons (Fsp3) is 0.929. The third kappa shape index (κ3) is 9.16. The van der Waals surface area contributed by atoms with Crippen LogP contribution in [0.5, 0.6) is 0 Å². The predicted molar refractivity (Wildman–Crippen MR) is 73.7 cm³/mol. The summed E-state index contributed by atoms with van der Waals surface area (Å²) < 4.78 is 0. The molecule has 2 atom stereocenters. The summed E-state index contributed by atoms with van der Waals surface area (Å²) >= 11 is 0. The molecule has 3 N–H and O–H groups in total. The Balaban J connectivity index is 3.71. The van der Waals surface area contributed by atoms with Crippen molar-refractivity contribution in [2.24, 2.45) is 17.6 Å². The van der Waals surface area contributed by atoms with E-state index >= 15 is 0 Å². The van der Waals surface area contributed by atoms with E-state index in [1.165, 1.54) is 12.8 Å². The summed E-state index contributed by atoms with van der Waals surface area (Å²) in [5, 5.41) is 3.08. The summed E-state index contributed by atoms with van der Waals surface area (Å²) in [6.45, 7) is 9.21. The van der Waals surface area contributed by atoms with E-state index in [-0.39, 0.29) is 11.8 Å². The maximum absolute atomic E-state index is 11.8. The van der Waals surface area contributed by atoms with Gasteiger partial charge in [-0.2, -0.15) is 0 Å². The van der Waals surface area contributed by atoms with E-state index in [1.54, 1.807) is 0 Å². The van der Waals surface area contributed by atoms with Crippen molar-refractivity contribution >= 4 is 5.91 Å². The minimum Gasteiger partial charge on any atom is -0.353 e. The van der Waals surface area contributed by atoms with Crippen molar-refractivity contribution in [1.29, 1.82) is 0 Å². The molecule has 0 aromatic rings. The predicted octanol–water partition coefficient (Wildman–Crippen LogP) is 2.69. The van der Waals surface area contributed by atoms with E-state index in [0.29, 0.717) is 12.6 Å². The number of amides is 1. The van der Waals surface area contributed by atoms with E-state index in [2.05, 4.69) is 26.1 Å². The normalized spacial score (nSPS) is 14.7. The lowest BCUT2D eigenvalue weighted by Gasteiger charge is -2.17. The summed E-state index contributed by atoms with van der Waals surface area (Å²) in [5.74, 6) is 1.02. The molecule has 0 saturated carbocycles. The first-order valence-electron chi connectivity index (χ1n) is 6.97. The molecule has 0 saturated heterocycles. The van der Waals surface area contributed by atoms with E-state index in [0.717, 1.165) is 25.2 Å². The summed E-state index contributed by atoms with van der Waals surface area (Å²) in [6.07, 6.45) is 5.32. The van der Waals surface area contributed by atoms with E-state index in [4.69, 9.17) is 5.73 Å². The van der Waals surface area contributed by atoms with Crippen molar-refractivity contribution in [3.8, 4) is 0 Å². The monoisotopic (exact) mass is 242 g/mol. The molecular weight excluding hydrogens is 212 g/mol. The zero-order chi connectivity index (χ0) is 13.3. The first-order valence-corrected chi connectivity index (χ1v) is 6.97. The highest BCUT2D eigenvalue weighted by atomic mass is 16.1. The molecule has 3 heteroatoms. The summed E-state index contributed by atoms with van der Waals surface area (Å²) in [6, 6.07) is 0.293. The standard InChI is InChI=1S/C14H30N2O/c1-11(2)7-5-9-13(4)16-14(17)12(3)8-6-10-15/h11-13H,5-10,15H2,1-4H3,(H,16,17). The topological polar surface area (TPSA) is 55.1 Å². The molecule has 0 aliphatic carbocycles. The number of nitrogens with one attached hydrogen (secondary N) is 1. The van der Waals surface area contributed by atoms with Crippen molar-refractivity contribution in [2.45, 2.75) is 65.8 Å². The quantitative estimate of drug-likeness (QED) is 0.653. The van der Waals surface area contributed by atoms with Crippen LogP contribution in [0.2, 0.25) is 0 Å². The smallest absolute Gasteiger partial charge is 0.223 e. The SMILES string of the molecule is CC(C)CCCC(C)NC(=O)C(C)CCCN. The lowest BCUT2D eigenvalue weighted by atomic mass is 10.0. The maximum Gasteiger partial charge on any atom is 0.223 e. The Hall–Kier alpha value is -0.570. The first kappa shape index (κ1) is 16.4. The van der Waals surface area contributed by atoms with E-state index in [9.17, 15) is 4.79 Å². The molecule has 0 bridgehead atoms. The summed E-state index contributed by atoms with van der Waals surface area (Å²) in [5.41, 5.74) is 5.44. The molecule has 0 aliphatic rings. The number of nitrogens with two attached hydrogens (primary N) is 1. The molecule has 0 heterocycles. The minimum atomic E-state index is 0.0890. The van der Waals surface area contributed by atoms with Gasteiger partial charge in [0.25, 0.3) is 0 Å². The molecule has 0 fully saturated rings. The van der Waals surface area contributed by atoms with Crippen LogP contribution >= 0.6 is 0 Å². The van der Waals surface area contributed by atoms with Crippen LogP contribution in [-0.2, 0) is 4.79 Å². The van der Waals surface area contributed by atoms with E-state index in [1.807, 2.05) is 6.92 Å². The second-order valence-electron chi connectivity index (χ2n) is 5.57. The van der Waals surface area contributed by atoms with Crippen LogP contribution in [0.3, 0.4) is 0 Å². The van der Waals surface area contributed by atoms with Gasteiger partial charge in [-0.3, -0.25) is 4.79 Å². The van der Waals surface area contributed by atoms with Gasteiger partial charge in [-0.15, -0.1) is 0 Å². The van der Waals surface area contributed by atoms with Crippen molar-refractivity contribution in [3.05, 3.63) is 0 Å². The minimum absolute atomic E-state index is 0.0890. The highest BCUT2D eigenvalue weighted by Gasteiger charge is 2.14. The third-order valence-corrected chi connectivity index (χ3v) is 3.10. The van der Waals surface area contributed by atoms with Gasteiger partial charge in [-0.25, -0.2) is 0 Å². The zero-order valence-electron chi connectivity index (χ0n) is 12.0. The Morgan fingerprint density at radius 1 is 1.06 bits per heavy atom. The fourth-order valence-electron chi connectivity index (χ4n) is 1.84. The Bertz CT molecular complexity index is 204. The molecule has 102 valence electrons. The van der Waals surface area contributed by atoms with Gasteiger partial charge in [0.15, 0.2) is 0 Å². The van der Waals surface area contributed by atoms with Gasteiger partial charge in [0.2, 0.25) is 5.91 Å². The molecule has 3 nitrogen and oxygen atoms in total. The number of hydrogen-bond donors (Lipinski definition) is 2. The summed E-state index contributed by atoms with van der Waals surface area (Å²) in [4.78, 5) is 11.8. The Morgan fingerprint density at radius 3 is 2.24 bits per heavy atom. The number of carbonyl (C=O) groups excluding carboxylic acids is 1. The van der Waals surface area contributed by atoms with Crippen LogP contribution < -0.4 is 11.1 Å². The van der Waals surface area contributed by atoms with Gasteiger partial charge in [-0.1, -0.05) is 33.6 Å². The van der Waals surface area contributed by atoms with Crippen LogP contribution in [0.25, 0.3) is 0 Å². The zero-order valence-corrected chi connectivity index (χ0v) is 12.0. The Morgan fingerprint density at radius 2 is 1.71 bits per heavy atom. The number of hydrogen-bond acceptors (Lipinski definition) is 2. The lowest BCUT2D eigenvalue weighted by molar-refractivity contribution is -0.125. The van der Waals surface area contributed by atoms with Crippen molar-refractivity contribution in [3.63, 3.8) is 0 Å². The largest absolute Gasteiger partial charge is 0.353 e. The molecule has 0 aromatic carbocycles. The lowest BCUT2D eigenvalue weighted by Crippen LogP contribution is -2.36. The third-order valence-electron chi connectivity index (χ3n) is 3.10. The van der Waals surface area contributed by atoms with Gasteiger partial charge >= 0.3 is 0 Å². The van der Waals surface area contributed by atoms with Crippen LogP contribution in [0.15, 0.2) is 0 Å². The van der Waals surface area contributed by atoms with Crippen LogP contribution in [0, 0.1) is 11.8 Å². The van der Waals surface area contributed by atoms with Crippen molar-refractivity contribution < 1.29 is 4.79 Å². The fourth-order valence-corrected chi connectivity index (χ4v) is 1.84. The molecular formula is C14H30N2O. The van der Waals surface area contributed by atoms with Gasteiger partial charge in [0.05, 0.1) is 0 Å². The molecule has 0 aliphatic heterocycles. The van der Waals surface area contributed by atoms with Gasteiger partial charge < -0.3 is 11.1 Å². The number of rotatable bonds is 9. The molecule has 1 amide bonds. The first-order chi connectivity index (χ1) is 7.97. The van der Waals surface area contributed by atoms with Crippen LogP contribution in [0.1, 0.15) is 59.8 Å². The van der Waals surface area contributed by atoms with Crippen LogP contribution in [-0.4, -0.2) is 18.5 Å².